The van der Waals surface area contributed by atoms with Gasteiger partial charge in [0.15, 0.2) is 10.6 Å². The van der Waals surface area contributed by atoms with Gasteiger partial charge in [0, 0.05) is 12.6 Å². The molecule has 1 rings (SSSR count). The summed E-state index contributed by atoms with van der Waals surface area (Å²) in [5, 5.41) is 15.8. The minimum atomic E-state index is -0.0704. The van der Waals surface area contributed by atoms with Gasteiger partial charge >= 0.3 is 0 Å². The fourth-order valence-corrected chi connectivity index (χ4v) is 1.83. The lowest BCUT2D eigenvalue weighted by Crippen LogP contribution is -2.27. The van der Waals surface area contributed by atoms with Gasteiger partial charge in [0.05, 0.1) is 0 Å². The van der Waals surface area contributed by atoms with Gasteiger partial charge in [-0.25, -0.2) is 0 Å². The Morgan fingerprint density at radius 1 is 1.47 bits per heavy atom. The van der Waals surface area contributed by atoms with Crippen molar-refractivity contribution >= 4 is 12.2 Å². The van der Waals surface area contributed by atoms with Crippen molar-refractivity contribution in [1.29, 1.82) is 0 Å². The van der Waals surface area contributed by atoms with Crippen molar-refractivity contribution in [3.63, 3.8) is 0 Å². The molecule has 2 N–H and O–H groups in total. The highest BCUT2D eigenvalue weighted by molar-refractivity contribution is 7.71. The van der Waals surface area contributed by atoms with E-state index < -0.39 is 0 Å². The van der Waals surface area contributed by atoms with Gasteiger partial charge in [0.2, 0.25) is 0 Å². The monoisotopic (exact) mass is 258 g/mol. The third-order valence-electron chi connectivity index (χ3n) is 3.00. The first-order valence-electron chi connectivity index (χ1n) is 6.01. The van der Waals surface area contributed by atoms with E-state index in [1.165, 1.54) is 0 Å². The summed E-state index contributed by atoms with van der Waals surface area (Å²) in [5.41, 5.74) is 0. The van der Waals surface area contributed by atoms with E-state index in [9.17, 15) is 0 Å². The Hall–Kier alpha value is -0.720. The Balaban J connectivity index is 2.36. The SMILES string of the molecule is CC(C)N(C)CCCCn1c(CO)n[nH]c1=S. The van der Waals surface area contributed by atoms with Crippen LogP contribution in [-0.2, 0) is 13.2 Å². The molecule has 0 spiro atoms. The lowest BCUT2D eigenvalue weighted by molar-refractivity contribution is 0.257. The van der Waals surface area contributed by atoms with E-state index >= 15 is 0 Å². The number of aromatic nitrogens is 3. The highest BCUT2D eigenvalue weighted by atomic mass is 32.1. The molecule has 1 aromatic heterocycles. The summed E-state index contributed by atoms with van der Waals surface area (Å²) < 4.78 is 2.45. The predicted octanol–water partition coefficient (Wildman–Crippen LogP) is 1.55. The zero-order valence-electron chi connectivity index (χ0n) is 10.8. The lowest BCUT2D eigenvalue weighted by atomic mass is 10.2. The van der Waals surface area contributed by atoms with Crippen molar-refractivity contribution in [2.45, 2.75) is 45.9 Å². The number of aliphatic hydroxyl groups excluding tert-OH is 1. The molecule has 17 heavy (non-hydrogen) atoms. The first kappa shape index (κ1) is 14.3. The summed E-state index contributed by atoms with van der Waals surface area (Å²) in [7, 11) is 2.13. The fourth-order valence-electron chi connectivity index (χ4n) is 1.59. The van der Waals surface area contributed by atoms with Gasteiger partial charge in [0.1, 0.15) is 6.61 Å². The average Bonchev–Trinajstić information content (AvgIpc) is 2.65. The van der Waals surface area contributed by atoms with E-state index in [1.54, 1.807) is 0 Å². The smallest absolute Gasteiger partial charge is 0.195 e. The van der Waals surface area contributed by atoms with Gasteiger partial charge in [-0.2, -0.15) is 5.10 Å². The van der Waals surface area contributed by atoms with Crippen LogP contribution < -0.4 is 0 Å². The lowest BCUT2D eigenvalue weighted by Gasteiger charge is -2.20. The number of H-pyrrole nitrogens is 1. The van der Waals surface area contributed by atoms with Crippen molar-refractivity contribution in [3.05, 3.63) is 10.6 Å². The Morgan fingerprint density at radius 3 is 2.76 bits per heavy atom. The van der Waals surface area contributed by atoms with Gasteiger partial charge in [-0.15, -0.1) is 0 Å². The van der Waals surface area contributed by atoms with E-state index in [1.807, 2.05) is 4.57 Å². The van der Waals surface area contributed by atoms with Crippen LogP contribution >= 0.6 is 12.2 Å². The molecule has 0 bridgehead atoms. The summed E-state index contributed by atoms with van der Waals surface area (Å²) in [6.07, 6.45) is 2.16. The number of aliphatic hydroxyl groups is 1. The Labute approximate surface area is 107 Å². The normalized spacial score (nSPS) is 11.6. The third-order valence-corrected chi connectivity index (χ3v) is 3.31. The van der Waals surface area contributed by atoms with Crippen molar-refractivity contribution < 1.29 is 5.11 Å². The molecule has 5 nitrogen and oxygen atoms in total. The highest BCUT2D eigenvalue weighted by Crippen LogP contribution is 2.03. The molecule has 0 radical (unpaired) electrons. The Bertz CT molecular complexity index is 385. The maximum absolute atomic E-state index is 9.09. The zero-order chi connectivity index (χ0) is 12.8. The van der Waals surface area contributed by atoms with E-state index in [2.05, 4.69) is 36.0 Å². The van der Waals surface area contributed by atoms with Crippen LogP contribution in [-0.4, -0.2) is 44.4 Å². The first-order valence-corrected chi connectivity index (χ1v) is 6.42. The van der Waals surface area contributed by atoms with Crippen molar-refractivity contribution in [3.8, 4) is 0 Å². The van der Waals surface area contributed by atoms with Gasteiger partial charge < -0.3 is 14.6 Å². The molecule has 6 heteroatoms. The average molecular weight is 258 g/mol. The molecule has 0 unspecified atom stereocenters. The first-order chi connectivity index (χ1) is 8.06. The molecule has 0 saturated heterocycles. The minimum absolute atomic E-state index is 0.0704. The third kappa shape index (κ3) is 4.22. The summed E-state index contributed by atoms with van der Waals surface area (Å²) >= 11 is 5.11. The molecule has 0 aliphatic rings. The number of nitrogens with one attached hydrogen (secondary N) is 1. The highest BCUT2D eigenvalue weighted by Gasteiger charge is 2.05. The van der Waals surface area contributed by atoms with Crippen LogP contribution in [0.15, 0.2) is 0 Å². The molecule has 0 aliphatic heterocycles. The second-order valence-corrected chi connectivity index (χ2v) is 4.92. The molecule has 0 amide bonds. The number of hydrogen-bond donors (Lipinski definition) is 2. The second-order valence-electron chi connectivity index (χ2n) is 4.54. The molecule has 0 saturated carbocycles. The van der Waals surface area contributed by atoms with Crippen molar-refractivity contribution in [1.82, 2.24) is 19.7 Å². The van der Waals surface area contributed by atoms with E-state index in [-0.39, 0.29) is 6.61 Å². The molecule has 0 aliphatic carbocycles. The van der Waals surface area contributed by atoms with Crippen LogP contribution in [0.3, 0.4) is 0 Å². The maximum Gasteiger partial charge on any atom is 0.195 e. The maximum atomic E-state index is 9.09. The van der Waals surface area contributed by atoms with Crippen LogP contribution in [0.5, 0.6) is 0 Å². The number of hydrogen-bond acceptors (Lipinski definition) is 4. The fraction of sp³-hybridized carbons (Fsp3) is 0.818. The van der Waals surface area contributed by atoms with Crippen LogP contribution in [0.4, 0.5) is 0 Å². The van der Waals surface area contributed by atoms with Crippen molar-refractivity contribution in [2.75, 3.05) is 13.6 Å². The number of nitrogens with zero attached hydrogens (tertiary/aromatic N) is 3. The molecular formula is C11H22N4OS. The van der Waals surface area contributed by atoms with Gasteiger partial charge in [0.25, 0.3) is 0 Å². The number of rotatable bonds is 7. The summed E-state index contributed by atoms with van der Waals surface area (Å²) in [6.45, 7) is 6.21. The van der Waals surface area contributed by atoms with E-state index in [4.69, 9.17) is 17.3 Å². The number of unbranched alkanes of at least 4 members (excludes halogenated alkanes) is 1. The largest absolute Gasteiger partial charge is 0.388 e. The predicted molar refractivity (Wildman–Crippen MR) is 70.3 cm³/mol. The zero-order valence-corrected chi connectivity index (χ0v) is 11.6. The van der Waals surface area contributed by atoms with Crippen LogP contribution in [0.2, 0.25) is 0 Å². The summed E-state index contributed by atoms with van der Waals surface area (Å²) in [6, 6.07) is 0.582. The van der Waals surface area contributed by atoms with Gasteiger partial charge in [-0.05, 0) is 52.5 Å². The standard InChI is InChI=1S/C11H22N4OS/c1-9(2)14(3)6-4-5-7-15-10(8-16)12-13-11(15)17/h9,16H,4-8H2,1-3H3,(H,13,17). The van der Waals surface area contributed by atoms with Crippen LogP contribution in [0, 0.1) is 4.77 Å². The molecule has 0 atom stereocenters. The second kappa shape index (κ2) is 6.88. The van der Waals surface area contributed by atoms with Crippen LogP contribution in [0.1, 0.15) is 32.5 Å². The number of aromatic amines is 1. The van der Waals surface area contributed by atoms with Crippen LogP contribution in [0.25, 0.3) is 0 Å². The quantitative estimate of drug-likeness (QED) is 0.575. The van der Waals surface area contributed by atoms with E-state index in [0.717, 1.165) is 25.9 Å². The topological polar surface area (TPSA) is 57.1 Å². The Morgan fingerprint density at radius 2 is 2.18 bits per heavy atom. The molecule has 0 fully saturated rings. The van der Waals surface area contributed by atoms with Crippen molar-refractivity contribution in [2.24, 2.45) is 0 Å². The summed E-state index contributed by atoms with van der Waals surface area (Å²) in [5.74, 6) is 0.618. The molecule has 98 valence electrons. The van der Waals surface area contributed by atoms with Gasteiger partial charge in [-0.3, -0.25) is 5.10 Å². The van der Waals surface area contributed by atoms with E-state index in [0.29, 0.717) is 16.6 Å². The van der Waals surface area contributed by atoms with Gasteiger partial charge in [-0.1, -0.05) is 0 Å². The molecule has 0 aromatic carbocycles. The molecule has 1 heterocycles. The molecule has 1 aromatic rings. The summed E-state index contributed by atoms with van der Waals surface area (Å²) in [4.78, 5) is 2.32. The minimum Gasteiger partial charge on any atom is -0.388 e. The Kier molecular flexibility index (Phi) is 5.80. The molecular weight excluding hydrogens is 236 g/mol.